The zero-order chi connectivity index (χ0) is 8.55. The first-order valence-corrected chi connectivity index (χ1v) is 4.66. The molecule has 0 aromatic heterocycles. The van der Waals surface area contributed by atoms with Crippen molar-refractivity contribution in [3.63, 3.8) is 0 Å². The summed E-state index contributed by atoms with van der Waals surface area (Å²) in [7, 11) is 0. The molecule has 0 aromatic rings. The molecule has 2 nitrogen and oxygen atoms in total. The van der Waals surface area contributed by atoms with E-state index in [0.29, 0.717) is 18.4 Å². The van der Waals surface area contributed by atoms with Crippen LogP contribution in [0, 0.1) is 17.8 Å². The molecular formula is C10H14O2. The topological polar surface area (TPSA) is 26.3 Å². The van der Waals surface area contributed by atoms with Crippen LogP contribution in [0.15, 0.2) is 12.2 Å². The van der Waals surface area contributed by atoms with Crippen LogP contribution in [-0.4, -0.2) is 12.6 Å². The molecule has 0 heterocycles. The third-order valence-electron chi connectivity index (χ3n) is 2.87. The number of rotatable bonds is 2. The Labute approximate surface area is 72.6 Å². The summed E-state index contributed by atoms with van der Waals surface area (Å²) in [4.78, 5) is 11.4. The van der Waals surface area contributed by atoms with Gasteiger partial charge in [-0.05, 0) is 31.6 Å². The number of carbonyl (C=O) groups excluding carboxylic acids is 1. The Morgan fingerprint density at radius 3 is 2.83 bits per heavy atom. The molecule has 0 amide bonds. The van der Waals surface area contributed by atoms with Crippen molar-refractivity contribution in [2.45, 2.75) is 19.8 Å². The fourth-order valence-electron chi connectivity index (χ4n) is 2.30. The molecule has 0 spiro atoms. The molecule has 2 unspecified atom stereocenters. The predicted octanol–water partition coefficient (Wildman–Crippen LogP) is 1.76. The lowest BCUT2D eigenvalue weighted by atomic mass is 9.94. The number of ether oxygens (including phenoxy) is 1. The highest BCUT2D eigenvalue weighted by Crippen LogP contribution is 2.43. The first kappa shape index (κ1) is 7.84. The van der Waals surface area contributed by atoms with Gasteiger partial charge in [-0.2, -0.15) is 0 Å². The SMILES string of the molecule is CCOC(=O)[C@H]1CC2C=CC1C2. The quantitative estimate of drug-likeness (QED) is 0.461. The van der Waals surface area contributed by atoms with Crippen molar-refractivity contribution in [2.24, 2.45) is 17.8 Å². The van der Waals surface area contributed by atoms with Crippen LogP contribution in [0.2, 0.25) is 0 Å². The van der Waals surface area contributed by atoms with Gasteiger partial charge in [0.25, 0.3) is 0 Å². The van der Waals surface area contributed by atoms with Crippen LogP contribution in [0.4, 0.5) is 0 Å². The maximum Gasteiger partial charge on any atom is 0.309 e. The van der Waals surface area contributed by atoms with Crippen molar-refractivity contribution in [3.8, 4) is 0 Å². The molecule has 3 atom stereocenters. The Kier molecular flexibility index (Phi) is 1.91. The Morgan fingerprint density at radius 2 is 2.33 bits per heavy atom. The zero-order valence-corrected chi connectivity index (χ0v) is 7.32. The van der Waals surface area contributed by atoms with Gasteiger partial charge in [0.2, 0.25) is 0 Å². The molecule has 0 aliphatic heterocycles. The number of allylic oxidation sites excluding steroid dienone is 2. The molecule has 2 aliphatic rings. The van der Waals surface area contributed by atoms with E-state index >= 15 is 0 Å². The van der Waals surface area contributed by atoms with Crippen molar-refractivity contribution in [2.75, 3.05) is 6.61 Å². The van der Waals surface area contributed by atoms with Gasteiger partial charge in [-0.1, -0.05) is 12.2 Å². The zero-order valence-electron chi connectivity index (χ0n) is 7.32. The van der Waals surface area contributed by atoms with Gasteiger partial charge in [-0.3, -0.25) is 4.79 Å². The van der Waals surface area contributed by atoms with Crippen LogP contribution in [0.3, 0.4) is 0 Å². The average Bonchev–Trinajstić information content (AvgIpc) is 2.64. The summed E-state index contributed by atoms with van der Waals surface area (Å²) in [5.41, 5.74) is 0. The molecule has 2 heteroatoms. The highest BCUT2D eigenvalue weighted by atomic mass is 16.5. The number of hydrogen-bond acceptors (Lipinski definition) is 2. The molecule has 12 heavy (non-hydrogen) atoms. The van der Waals surface area contributed by atoms with E-state index in [1.54, 1.807) is 0 Å². The second kappa shape index (κ2) is 2.92. The maximum absolute atomic E-state index is 11.4. The average molecular weight is 166 g/mol. The standard InChI is InChI=1S/C10H14O2/c1-2-12-10(11)9-6-7-3-4-8(9)5-7/h3-4,7-9H,2,5-6H2,1H3/t7?,8?,9-/m0/s1. The van der Waals surface area contributed by atoms with Crippen molar-refractivity contribution >= 4 is 5.97 Å². The van der Waals surface area contributed by atoms with Gasteiger partial charge in [-0.15, -0.1) is 0 Å². The molecular weight excluding hydrogens is 152 g/mol. The second-order valence-electron chi connectivity index (χ2n) is 3.64. The van der Waals surface area contributed by atoms with Crippen LogP contribution in [0.1, 0.15) is 19.8 Å². The smallest absolute Gasteiger partial charge is 0.309 e. The van der Waals surface area contributed by atoms with Gasteiger partial charge in [-0.25, -0.2) is 0 Å². The molecule has 1 saturated carbocycles. The highest BCUT2D eigenvalue weighted by Gasteiger charge is 2.40. The molecule has 66 valence electrons. The first-order valence-electron chi connectivity index (χ1n) is 4.66. The van der Waals surface area contributed by atoms with Gasteiger partial charge < -0.3 is 4.74 Å². The lowest BCUT2D eigenvalue weighted by Gasteiger charge is -2.15. The van der Waals surface area contributed by atoms with Gasteiger partial charge in [0, 0.05) is 0 Å². The van der Waals surface area contributed by atoms with Crippen LogP contribution in [-0.2, 0) is 9.53 Å². The maximum atomic E-state index is 11.4. The van der Waals surface area contributed by atoms with Crippen molar-refractivity contribution in [1.29, 1.82) is 0 Å². The Hall–Kier alpha value is -0.790. The van der Waals surface area contributed by atoms with E-state index in [2.05, 4.69) is 12.2 Å². The predicted molar refractivity (Wildman–Crippen MR) is 45.5 cm³/mol. The second-order valence-corrected chi connectivity index (χ2v) is 3.64. The van der Waals surface area contributed by atoms with Gasteiger partial charge >= 0.3 is 5.97 Å². The van der Waals surface area contributed by atoms with E-state index in [-0.39, 0.29) is 11.9 Å². The number of hydrogen-bond donors (Lipinski definition) is 0. The molecule has 2 rings (SSSR count). The Bertz CT molecular complexity index is 220. The van der Waals surface area contributed by atoms with E-state index < -0.39 is 0 Å². The Morgan fingerprint density at radius 1 is 1.50 bits per heavy atom. The summed E-state index contributed by atoms with van der Waals surface area (Å²) in [5, 5.41) is 0. The third-order valence-corrected chi connectivity index (χ3v) is 2.87. The monoisotopic (exact) mass is 166 g/mol. The van der Waals surface area contributed by atoms with E-state index in [1.165, 1.54) is 6.42 Å². The van der Waals surface area contributed by atoms with Gasteiger partial charge in [0.05, 0.1) is 12.5 Å². The summed E-state index contributed by atoms with van der Waals surface area (Å²) in [6.07, 6.45) is 6.60. The van der Waals surface area contributed by atoms with Gasteiger partial charge in [0.15, 0.2) is 0 Å². The van der Waals surface area contributed by atoms with Crippen LogP contribution in [0.5, 0.6) is 0 Å². The minimum Gasteiger partial charge on any atom is -0.466 e. The number of esters is 1. The van der Waals surface area contributed by atoms with Crippen molar-refractivity contribution < 1.29 is 9.53 Å². The molecule has 2 bridgehead atoms. The molecule has 0 saturated heterocycles. The molecule has 2 aliphatic carbocycles. The summed E-state index contributed by atoms with van der Waals surface area (Å²) < 4.78 is 5.01. The minimum atomic E-state index is 0.00866. The summed E-state index contributed by atoms with van der Waals surface area (Å²) >= 11 is 0. The van der Waals surface area contributed by atoms with Crippen LogP contribution in [0.25, 0.3) is 0 Å². The molecule has 0 N–H and O–H groups in total. The lowest BCUT2D eigenvalue weighted by molar-refractivity contribution is -0.148. The third kappa shape index (κ3) is 1.15. The van der Waals surface area contributed by atoms with E-state index in [0.717, 1.165) is 6.42 Å². The molecule has 0 radical (unpaired) electrons. The van der Waals surface area contributed by atoms with E-state index in [4.69, 9.17) is 4.74 Å². The van der Waals surface area contributed by atoms with Crippen molar-refractivity contribution in [3.05, 3.63) is 12.2 Å². The van der Waals surface area contributed by atoms with E-state index in [9.17, 15) is 4.79 Å². The summed E-state index contributed by atoms with van der Waals surface area (Å²) in [5.74, 6) is 1.31. The number of fused-ring (bicyclic) bond motifs is 2. The highest BCUT2D eigenvalue weighted by molar-refractivity contribution is 5.74. The largest absolute Gasteiger partial charge is 0.466 e. The minimum absolute atomic E-state index is 0.00866. The van der Waals surface area contributed by atoms with Gasteiger partial charge in [0.1, 0.15) is 0 Å². The normalized spacial score (nSPS) is 37.2. The fraction of sp³-hybridized carbons (Fsp3) is 0.700. The molecule has 1 fully saturated rings. The summed E-state index contributed by atoms with van der Waals surface area (Å²) in [6, 6.07) is 0. The van der Waals surface area contributed by atoms with Crippen LogP contribution >= 0.6 is 0 Å². The van der Waals surface area contributed by atoms with Crippen molar-refractivity contribution in [1.82, 2.24) is 0 Å². The lowest BCUT2D eigenvalue weighted by Crippen LogP contribution is -2.21. The summed E-state index contributed by atoms with van der Waals surface area (Å²) in [6.45, 7) is 2.37. The Balaban J connectivity index is 1.98. The first-order chi connectivity index (χ1) is 5.81. The number of carbonyl (C=O) groups is 1. The van der Waals surface area contributed by atoms with E-state index in [1.807, 2.05) is 6.92 Å². The fourth-order valence-corrected chi connectivity index (χ4v) is 2.30. The van der Waals surface area contributed by atoms with Crippen LogP contribution < -0.4 is 0 Å². The molecule has 0 aromatic carbocycles.